The Bertz CT molecular complexity index is 591. The summed E-state index contributed by atoms with van der Waals surface area (Å²) in [6.07, 6.45) is 0.814. The zero-order valence-corrected chi connectivity index (χ0v) is 13.0. The Morgan fingerprint density at radius 1 is 1.52 bits per heavy atom. The van der Waals surface area contributed by atoms with Crippen LogP contribution in [0.15, 0.2) is 18.2 Å². The molecule has 2 atom stereocenters. The summed E-state index contributed by atoms with van der Waals surface area (Å²) in [7, 11) is -2.05. The van der Waals surface area contributed by atoms with Crippen LogP contribution < -0.4 is 9.46 Å². The van der Waals surface area contributed by atoms with Crippen molar-refractivity contribution < 1.29 is 22.3 Å². The summed E-state index contributed by atoms with van der Waals surface area (Å²) in [5.41, 5.74) is 0.543. The van der Waals surface area contributed by atoms with E-state index in [2.05, 4.69) is 4.72 Å². The minimum atomic E-state index is -3.52. The highest BCUT2D eigenvalue weighted by molar-refractivity contribution is 7.89. The molecule has 0 saturated carbocycles. The molecule has 118 valence electrons. The lowest BCUT2D eigenvalue weighted by molar-refractivity contribution is 0.136. The Kier molecular flexibility index (Phi) is 5.18. The van der Waals surface area contributed by atoms with E-state index in [9.17, 15) is 12.8 Å². The molecular formula is C14H20FNO4S. The number of nitrogens with one attached hydrogen (secondary N) is 1. The van der Waals surface area contributed by atoms with Crippen molar-refractivity contribution in [3.05, 3.63) is 29.6 Å². The molecule has 1 aromatic rings. The Balaban J connectivity index is 2.23. The number of para-hydroxylation sites is 1. The first-order chi connectivity index (χ1) is 9.93. The maximum Gasteiger partial charge on any atom is 0.214 e. The van der Waals surface area contributed by atoms with E-state index < -0.39 is 28.0 Å². The smallest absolute Gasteiger partial charge is 0.214 e. The van der Waals surface area contributed by atoms with Crippen LogP contribution in [0.1, 0.15) is 31.4 Å². The highest BCUT2D eigenvalue weighted by Gasteiger charge is 2.27. The number of methoxy groups -OCH3 is 1. The van der Waals surface area contributed by atoms with Crippen LogP contribution in [-0.4, -0.2) is 34.0 Å². The lowest BCUT2D eigenvalue weighted by atomic mass is 10.0. The number of hydrogen-bond acceptors (Lipinski definition) is 4. The van der Waals surface area contributed by atoms with Crippen LogP contribution in [0.3, 0.4) is 0 Å². The molecule has 2 rings (SSSR count). The maximum atomic E-state index is 13.8. The predicted octanol–water partition coefficient (Wildman–Crippen LogP) is 1.99. The number of sulfonamides is 1. The SMILES string of the molecule is CO[C@H](C)CS(=O)(=O)N[C@H]1CCCOc2c(F)cccc21. The van der Waals surface area contributed by atoms with Gasteiger partial charge in [-0.2, -0.15) is 0 Å². The molecule has 0 unspecified atom stereocenters. The molecule has 0 bridgehead atoms. The van der Waals surface area contributed by atoms with E-state index in [0.717, 1.165) is 0 Å². The largest absolute Gasteiger partial charge is 0.490 e. The summed E-state index contributed by atoms with van der Waals surface area (Å²) in [5, 5.41) is 0. The van der Waals surface area contributed by atoms with E-state index in [1.807, 2.05) is 0 Å². The standard InChI is InChI=1S/C14H20FNO4S/c1-10(19-2)9-21(17,18)16-13-7-4-8-20-14-11(13)5-3-6-12(14)15/h3,5-6,10,13,16H,4,7-9H2,1-2H3/t10-,13+/m1/s1. The van der Waals surface area contributed by atoms with Gasteiger partial charge < -0.3 is 9.47 Å². The van der Waals surface area contributed by atoms with Gasteiger partial charge in [0, 0.05) is 12.7 Å². The molecule has 0 spiro atoms. The van der Waals surface area contributed by atoms with Crippen molar-refractivity contribution in [2.24, 2.45) is 0 Å². The molecule has 0 saturated heterocycles. The lowest BCUT2D eigenvalue weighted by Crippen LogP contribution is -2.34. The third-order valence-corrected chi connectivity index (χ3v) is 4.99. The molecular weight excluding hydrogens is 297 g/mol. The van der Waals surface area contributed by atoms with Gasteiger partial charge >= 0.3 is 0 Å². The minimum absolute atomic E-state index is 0.133. The fourth-order valence-corrected chi connectivity index (χ4v) is 3.86. The highest BCUT2D eigenvalue weighted by Crippen LogP contribution is 2.33. The van der Waals surface area contributed by atoms with Crippen molar-refractivity contribution in [3.63, 3.8) is 0 Å². The zero-order valence-electron chi connectivity index (χ0n) is 12.1. The monoisotopic (exact) mass is 317 g/mol. The molecule has 0 fully saturated rings. The van der Waals surface area contributed by atoms with Crippen LogP contribution in [0.25, 0.3) is 0 Å². The second kappa shape index (κ2) is 6.72. The third-order valence-electron chi connectivity index (χ3n) is 3.43. The molecule has 0 aromatic heterocycles. The van der Waals surface area contributed by atoms with E-state index in [1.165, 1.54) is 13.2 Å². The van der Waals surface area contributed by atoms with Gasteiger partial charge in [-0.1, -0.05) is 12.1 Å². The van der Waals surface area contributed by atoms with Crippen LogP contribution in [0.5, 0.6) is 5.75 Å². The number of ether oxygens (including phenoxy) is 2. The van der Waals surface area contributed by atoms with Crippen LogP contribution in [0.4, 0.5) is 4.39 Å². The molecule has 1 aliphatic rings. The Morgan fingerprint density at radius 2 is 2.29 bits per heavy atom. The van der Waals surface area contributed by atoms with E-state index in [1.54, 1.807) is 19.1 Å². The average molecular weight is 317 g/mol. The first kappa shape index (κ1) is 16.2. The number of rotatable bonds is 5. The summed E-state index contributed by atoms with van der Waals surface area (Å²) in [4.78, 5) is 0. The second-order valence-electron chi connectivity index (χ2n) is 5.15. The van der Waals surface area contributed by atoms with Gasteiger partial charge in [-0.15, -0.1) is 0 Å². The fourth-order valence-electron chi connectivity index (χ4n) is 2.33. The van der Waals surface area contributed by atoms with Crippen molar-refractivity contribution in [2.45, 2.75) is 31.9 Å². The zero-order chi connectivity index (χ0) is 15.5. The molecule has 5 nitrogen and oxygen atoms in total. The van der Waals surface area contributed by atoms with Gasteiger partial charge in [0.15, 0.2) is 11.6 Å². The average Bonchev–Trinajstić information content (AvgIpc) is 2.62. The molecule has 0 radical (unpaired) electrons. The van der Waals surface area contributed by atoms with E-state index in [0.29, 0.717) is 25.0 Å². The normalized spacial score (nSPS) is 20.2. The van der Waals surface area contributed by atoms with Gasteiger partial charge in [0.05, 0.1) is 24.5 Å². The van der Waals surface area contributed by atoms with E-state index in [-0.39, 0.29) is 11.5 Å². The third kappa shape index (κ3) is 4.15. The van der Waals surface area contributed by atoms with Gasteiger partial charge in [-0.25, -0.2) is 17.5 Å². The van der Waals surface area contributed by atoms with Crippen LogP contribution in [0.2, 0.25) is 0 Å². The van der Waals surface area contributed by atoms with Crippen molar-refractivity contribution in [2.75, 3.05) is 19.5 Å². The first-order valence-corrected chi connectivity index (χ1v) is 8.52. The molecule has 1 aliphatic heterocycles. The van der Waals surface area contributed by atoms with Crippen molar-refractivity contribution in [3.8, 4) is 5.75 Å². The molecule has 1 aromatic carbocycles. The Morgan fingerprint density at radius 3 is 3.00 bits per heavy atom. The summed E-state index contributed by atoms with van der Waals surface area (Å²) >= 11 is 0. The maximum absolute atomic E-state index is 13.8. The number of halogens is 1. The summed E-state index contributed by atoms with van der Waals surface area (Å²) in [5.74, 6) is -0.461. The molecule has 0 amide bonds. The summed E-state index contributed by atoms with van der Waals surface area (Å²) < 4.78 is 51.1. The van der Waals surface area contributed by atoms with Gasteiger partial charge in [-0.3, -0.25) is 0 Å². The second-order valence-corrected chi connectivity index (χ2v) is 6.95. The molecule has 0 aliphatic carbocycles. The molecule has 21 heavy (non-hydrogen) atoms. The highest BCUT2D eigenvalue weighted by atomic mass is 32.2. The van der Waals surface area contributed by atoms with Crippen molar-refractivity contribution in [1.82, 2.24) is 4.72 Å². The summed E-state index contributed by atoms with van der Waals surface area (Å²) in [6.45, 7) is 2.06. The first-order valence-electron chi connectivity index (χ1n) is 6.87. The van der Waals surface area contributed by atoms with Crippen LogP contribution >= 0.6 is 0 Å². The molecule has 1 heterocycles. The van der Waals surface area contributed by atoms with E-state index >= 15 is 0 Å². The number of benzene rings is 1. The molecule has 1 N–H and O–H groups in total. The quantitative estimate of drug-likeness (QED) is 0.902. The van der Waals surface area contributed by atoms with Gasteiger partial charge in [-0.05, 0) is 25.8 Å². The minimum Gasteiger partial charge on any atom is -0.490 e. The van der Waals surface area contributed by atoms with Gasteiger partial charge in [0.2, 0.25) is 10.0 Å². The fraction of sp³-hybridized carbons (Fsp3) is 0.571. The van der Waals surface area contributed by atoms with Crippen LogP contribution in [-0.2, 0) is 14.8 Å². The van der Waals surface area contributed by atoms with Crippen molar-refractivity contribution >= 4 is 10.0 Å². The Labute approximate surface area is 124 Å². The lowest BCUT2D eigenvalue weighted by Gasteiger charge is -2.19. The van der Waals surface area contributed by atoms with Gasteiger partial charge in [0.1, 0.15) is 0 Å². The van der Waals surface area contributed by atoms with Crippen molar-refractivity contribution in [1.29, 1.82) is 0 Å². The summed E-state index contributed by atoms with van der Waals surface area (Å²) in [6, 6.07) is 4.08. The number of hydrogen-bond donors (Lipinski definition) is 1. The van der Waals surface area contributed by atoms with E-state index in [4.69, 9.17) is 9.47 Å². The Hall–Kier alpha value is -1.18. The molecule has 7 heteroatoms. The topological polar surface area (TPSA) is 64.6 Å². The number of fused-ring (bicyclic) bond motifs is 1. The van der Waals surface area contributed by atoms with Gasteiger partial charge in [0.25, 0.3) is 0 Å². The van der Waals surface area contributed by atoms with Crippen LogP contribution in [0, 0.1) is 5.82 Å². The predicted molar refractivity (Wildman–Crippen MR) is 77.3 cm³/mol.